The van der Waals surface area contributed by atoms with Crippen molar-refractivity contribution in [2.45, 2.75) is 13.0 Å². The summed E-state index contributed by atoms with van der Waals surface area (Å²) in [4.78, 5) is 0. The van der Waals surface area contributed by atoms with Gasteiger partial charge in [-0.05, 0) is 12.5 Å². The Kier molecular flexibility index (Phi) is 2.88. The van der Waals surface area contributed by atoms with Gasteiger partial charge in [-0.1, -0.05) is 12.1 Å². The monoisotopic (exact) mass is 210 g/mol. The van der Waals surface area contributed by atoms with E-state index >= 15 is 0 Å². The summed E-state index contributed by atoms with van der Waals surface area (Å²) in [7, 11) is 0. The van der Waals surface area contributed by atoms with Crippen LogP contribution < -0.4 is 10.6 Å². The fourth-order valence-electron chi connectivity index (χ4n) is 1.83. The van der Waals surface area contributed by atoms with Crippen molar-refractivity contribution in [1.82, 2.24) is 10.6 Å². The molecule has 3 N–H and O–H groups in total. The SMILES string of the molecule is Cc1ccc([C@@H]2CNCCN2)c(O)c1F. The van der Waals surface area contributed by atoms with E-state index in [9.17, 15) is 9.50 Å². The summed E-state index contributed by atoms with van der Waals surface area (Å²) >= 11 is 0. The van der Waals surface area contributed by atoms with Crippen LogP contribution in [0.2, 0.25) is 0 Å². The second kappa shape index (κ2) is 4.16. The number of phenolic OH excluding ortho intramolecular Hbond substituents is 1. The van der Waals surface area contributed by atoms with Gasteiger partial charge < -0.3 is 15.7 Å². The smallest absolute Gasteiger partial charge is 0.168 e. The van der Waals surface area contributed by atoms with Crippen LogP contribution in [0.1, 0.15) is 17.2 Å². The van der Waals surface area contributed by atoms with Gasteiger partial charge in [0.25, 0.3) is 0 Å². The maximum atomic E-state index is 13.4. The minimum Gasteiger partial charge on any atom is -0.505 e. The van der Waals surface area contributed by atoms with Crippen molar-refractivity contribution in [3.63, 3.8) is 0 Å². The maximum absolute atomic E-state index is 13.4. The van der Waals surface area contributed by atoms with Crippen molar-refractivity contribution in [3.05, 3.63) is 29.1 Å². The van der Waals surface area contributed by atoms with E-state index in [1.54, 1.807) is 19.1 Å². The van der Waals surface area contributed by atoms with Crippen LogP contribution >= 0.6 is 0 Å². The van der Waals surface area contributed by atoms with Gasteiger partial charge in [0.15, 0.2) is 11.6 Å². The molecular formula is C11H15FN2O. The van der Waals surface area contributed by atoms with Gasteiger partial charge in [-0.2, -0.15) is 0 Å². The van der Waals surface area contributed by atoms with Gasteiger partial charge in [0.05, 0.1) is 0 Å². The van der Waals surface area contributed by atoms with Crippen LogP contribution in [0.15, 0.2) is 12.1 Å². The normalized spacial score (nSPS) is 21.6. The molecular weight excluding hydrogens is 195 g/mol. The van der Waals surface area contributed by atoms with Gasteiger partial charge in [0.1, 0.15) is 0 Å². The van der Waals surface area contributed by atoms with Crippen LogP contribution in [-0.4, -0.2) is 24.7 Å². The molecule has 0 unspecified atom stereocenters. The highest BCUT2D eigenvalue weighted by atomic mass is 19.1. The van der Waals surface area contributed by atoms with Gasteiger partial charge in [0.2, 0.25) is 0 Å². The van der Waals surface area contributed by atoms with Gasteiger partial charge in [0, 0.05) is 31.2 Å². The van der Waals surface area contributed by atoms with Crippen molar-refractivity contribution < 1.29 is 9.50 Å². The first-order valence-electron chi connectivity index (χ1n) is 5.12. The maximum Gasteiger partial charge on any atom is 0.168 e. The summed E-state index contributed by atoms with van der Waals surface area (Å²) in [5.41, 5.74) is 1.10. The zero-order valence-corrected chi connectivity index (χ0v) is 8.68. The summed E-state index contributed by atoms with van der Waals surface area (Å²) in [5.74, 6) is -0.740. The Morgan fingerprint density at radius 1 is 1.40 bits per heavy atom. The number of hydrogen-bond acceptors (Lipinski definition) is 3. The van der Waals surface area contributed by atoms with Gasteiger partial charge >= 0.3 is 0 Å². The first kappa shape index (κ1) is 10.4. The molecule has 15 heavy (non-hydrogen) atoms. The Labute approximate surface area is 88.3 Å². The quantitative estimate of drug-likeness (QED) is 0.649. The number of aryl methyl sites for hydroxylation is 1. The summed E-state index contributed by atoms with van der Waals surface area (Å²) in [6.07, 6.45) is 0. The molecule has 0 aliphatic carbocycles. The number of hydrogen-bond donors (Lipinski definition) is 3. The summed E-state index contributed by atoms with van der Waals surface area (Å²) in [6.45, 7) is 4.10. The largest absolute Gasteiger partial charge is 0.505 e. The van der Waals surface area contributed by atoms with Crippen LogP contribution in [0.4, 0.5) is 4.39 Å². The lowest BCUT2D eigenvalue weighted by molar-refractivity contribution is 0.386. The van der Waals surface area contributed by atoms with E-state index in [-0.39, 0.29) is 11.8 Å². The summed E-state index contributed by atoms with van der Waals surface area (Å²) in [6, 6.07) is 3.47. The highest BCUT2D eigenvalue weighted by Crippen LogP contribution is 2.29. The van der Waals surface area contributed by atoms with E-state index in [4.69, 9.17) is 0 Å². The van der Waals surface area contributed by atoms with E-state index in [1.807, 2.05) is 0 Å². The van der Waals surface area contributed by atoms with E-state index in [2.05, 4.69) is 10.6 Å². The average Bonchev–Trinajstić information content (AvgIpc) is 2.27. The molecule has 0 radical (unpaired) electrons. The number of benzene rings is 1. The molecule has 3 nitrogen and oxygen atoms in total. The van der Waals surface area contributed by atoms with Crippen molar-refractivity contribution in [1.29, 1.82) is 0 Å². The number of aromatic hydroxyl groups is 1. The molecule has 1 atom stereocenters. The van der Waals surface area contributed by atoms with Crippen LogP contribution in [0.5, 0.6) is 5.75 Å². The summed E-state index contributed by atoms with van der Waals surface area (Å²) < 4.78 is 13.4. The molecule has 1 aliphatic rings. The minimum atomic E-state index is -0.514. The zero-order chi connectivity index (χ0) is 10.8. The Morgan fingerprint density at radius 3 is 2.87 bits per heavy atom. The number of halogens is 1. The lowest BCUT2D eigenvalue weighted by Gasteiger charge is -2.25. The molecule has 1 fully saturated rings. The van der Waals surface area contributed by atoms with E-state index in [1.165, 1.54) is 0 Å². The Bertz CT molecular complexity index is 362. The fraction of sp³-hybridized carbons (Fsp3) is 0.455. The van der Waals surface area contributed by atoms with Crippen molar-refractivity contribution in [3.8, 4) is 5.75 Å². The third-order valence-electron chi connectivity index (χ3n) is 2.76. The van der Waals surface area contributed by atoms with Crippen LogP contribution in [0, 0.1) is 12.7 Å². The van der Waals surface area contributed by atoms with Crippen LogP contribution in [-0.2, 0) is 0 Å². The Hall–Kier alpha value is -1.13. The summed E-state index contributed by atoms with van der Waals surface area (Å²) in [5, 5.41) is 16.1. The molecule has 1 aromatic rings. The van der Waals surface area contributed by atoms with Crippen LogP contribution in [0.3, 0.4) is 0 Å². The number of piperazine rings is 1. The highest BCUT2D eigenvalue weighted by molar-refractivity contribution is 5.40. The molecule has 0 saturated carbocycles. The standard InChI is InChI=1S/C11H15FN2O/c1-7-2-3-8(11(15)10(7)12)9-6-13-4-5-14-9/h2-3,9,13-15H,4-6H2,1H3/t9-/m0/s1. The third-order valence-corrected chi connectivity index (χ3v) is 2.76. The predicted octanol–water partition coefficient (Wildman–Crippen LogP) is 1.07. The predicted molar refractivity (Wildman–Crippen MR) is 56.4 cm³/mol. The van der Waals surface area contributed by atoms with Gasteiger partial charge in [-0.3, -0.25) is 0 Å². The first-order chi connectivity index (χ1) is 7.20. The van der Waals surface area contributed by atoms with Crippen molar-refractivity contribution in [2.75, 3.05) is 19.6 Å². The van der Waals surface area contributed by atoms with Gasteiger partial charge in [-0.15, -0.1) is 0 Å². The average molecular weight is 210 g/mol. The zero-order valence-electron chi connectivity index (χ0n) is 8.68. The molecule has 1 saturated heterocycles. The third kappa shape index (κ3) is 1.96. The first-order valence-corrected chi connectivity index (χ1v) is 5.12. The fourth-order valence-corrected chi connectivity index (χ4v) is 1.83. The highest BCUT2D eigenvalue weighted by Gasteiger charge is 2.20. The molecule has 82 valence electrons. The van der Waals surface area contributed by atoms with E-state index < -0.39 is 5.82 Å². The second-order valence-electron chi connectivity index (χ2n) is 3.85. The molecule has 0 amide bonds. The van der Waals surface area contributed by atoms with Crippen molar-refractivity contribution >= 4 is 0 Å². The Morgan fingerprint density at radius 2 is 2.20 bits per heavy atom. The molecule has 2 rings (SSSR count). The molecule has 1 aliphatic heterocycles. The molecule has 1 heterocycles. The Balaban J connectivity index is 2.31. The molecule has 0 spiro atoms. The number of nitrogens with one attached hydrogen (secondary N) is 2. The lowest BCUT2D eigenvalue weighted by Crippen LogP contribution is -2.42. The lowest BCUT2D eigenvalue weighted by atomic mass is 10.0. The molecule has 1 aromatic carbocycles. The molecule has 0 aromatic heterocycles. The van der Waals surface area contributed by atoms with E-state index in [0.717, 1.165) is 19.6 Å². The van der Waals surface area contributed by atoms with Crippen LogP contribution in [0.25, 0.3) is 0 Å². The molecule has 0 bridgehead atoms. The topological polar surface area (TPSA) is 44.3 Å². The minimum absolute atomic E-state index is 0.00569. The second-order valence-corrected chi connectivity index (χ2v) is 3.85. The van der Waals surface area contributed by atoms with E-state index in [0.29, 0.717) is 11.1 Å². The van der Waals surface area contributed by atoms with Gasteiger partial charge in [-0.25, -0.2) is 4.39 Å². The number of rotatable bonds is 1. The molecule has 4 heteroatoms. The number of phenols is 1. The van der Waals surface area contributed by atoms with Crippen molar-refractivity contribution in [2.24, 2.45) is 0 Å².